The topological polar surface area (TPSA) is 39.7 Å². The van der Waals surface area contributed by atoms with E-state index in [1.165, 1.54) is 0 Å². The molecule has 1 aliphatic rings. The standard InChI is InChI=1S/C20H23Cl2NO3/c1-24-19-10-15(11-23-12-17-3-2-8-25-17)9-18(22)20(19)26-13-14-4-6-16(21)7-5-14/h4-7,9-10,17,23H,2-3,8,11-13H2,1H3/t17-/m1/s1. The predicted octanol–water partition coefficient (Wildman–Crippen LogP) is 4.85. The molecule has 3 rings (SSSR count). The van der Waals surface area contributed by atoms with Crippen molar-refractivity contribution in [3.05, 3.63) is 57.6 Å². The van der Waals surface area contributed by atoms with E-state index < -0.39 is 0 Å². The first kappa shape index (κ1) is 19.3. The molecule has 2 aromatic carbocycles. The Bertz CT molecular complexity index is 716. The Morgan fingerprint density at radius 3 is 2.65 bits per heavy atom. The van der Waals surface area contributed by atoms with Crippen LogP contribution in [0.3, 0.4) is 0 Å². The molecule has 140 valence electrons. The van der Waals surface area contributed by atoms with Gasteiger partial charge in [-0.3, -0.25) is 0 Å². The van der Waals surface area contributed by atoms with Crippen LogP contribution in [0.4, 0.5) is 0 Å². The van der Waals surface area contributed by atoms with Gasteiger partial charge >= 0.3 is 0 Å². The van der Waals surface area contributed by atoms with Crippen molar-refractivity contribution in [2.75, 3.05) is 20.3 Å². The Hall–Kier alpha value is -1.46. The van der Waals surface area contributed by atoms with E-state index in [0.717, 1.165) is 37.1 Å². The fraction of sp³-hybridized carbons (Fsp3) is 0.400. The minimum Gasteiger partial charge on any atom is -0.493 e. The molecule has 0 spiro atoms. The summed E-state index contributed by atoms with van der Waals surface area (Å²) in [7, 11) is 1.62. The molecule has 1 N–H and O–H groups in total. The zero-order valence-electron chi connectivity index (χ0n) is 14.8. The van der Waals surface area contributed by atoms with Crippen molar-refractivity contribution in [2.45, 2.75) is 32.1 Å². The van der Waals surface area contributed by atoms with E-state index in [2.05, 4.69) is 5.32 Å². The monoisotopic (exact) mass is 395 g/mol. The molecule has 1 heterocycles. The summed E-state index contributed by atoms with van der Waals surface area (Å²) in [5.74, 6) is 1.17. The molecule has 0 aromatic heterocycles. The average molecular weight is 396 g/mol. The van der Waals surface area contributed by atoms with Gasteiger partial charge in [0.2, 0.25) is 0 Å². The Kier molecular flexibility index (Phi) is 7.03. The molecular weight excluding hydrogens is 373 g/mol. The molecular formula is C20H23Cl2NO3. The molecule has 0 aliphatic carbocycles. The molecule has 0 amide bonds. The molecule has 0 bridgehead atoms. The first-order valence-electron chi connectivity index (χ1n) is 8.71. The van der Waals surface area contributed by atoms with Crippen LogP contribution in [0, 0.1) is 0 Å². The third-order valence-electron chi connectivity index (χ3n) is 4.31. The van der Waals surface area contributed by atoms with Crippen LogP contribution in [0.5, 0.6) is 11.5 Å². The Morgan fingerprint density at radius 2 is 1.96 bits per heavy atom. The van der Waals surface area contributed by atoms with Gasteiger partial charge in [-0.05, 0) is 48.2 Å². The van der Waals surface area contributed by atoms with Crippen molar-refractivity contribution in [3.63, 3.8) is 0 Å². The van der Waals surface area contributed by atoms with Crippen LogP contribution < -0.4 is 14.8 Å². The van der Waals surface area contributed by atoms with Gasteiger partial charge in [0, 0.05) is 24.7 Å². The van der Waals surface area contributed by atoms with Crippen molar-refractivity contribution in [1.82, 2.24) is 5.32 Å². The summed E-state index contributed by atoms with van der Waals surface area (Å²) in [6, 6.07) is 11.4. The van der Waals surface area contributed by atoms with Crippen LogP contribution in [0.2, 0.25) is 10.0 Å². The van der Waals surface area contributed by atoms with Gasteiger partial charge in [-0.1, -0.05) is 35.3 Å². The average Bonchev–Trinajstić information content (AvgIpc) is 3.15. The lowest BCUT2D eigenvalue weighted by atomic mass is 10.2. The summed E-state index contributed by atoms with van der Waals surface area (Å²) >= 11 is 12.3. The highest BCUT2D eigenvalue weighted by Crippen LogP contribution is 2.37. The molecule has 2 aromatic rings. The summed E-state index contributed by atoms with van der Waals surface area (Å²) in [6.45, 7) is 2.80. The van der Waals surface area contributed by atoms with Gasteiger partial charge in [0.05, 0.1) is 18.2 Å². The summed E-state index contributed by atoms with van der Waals surface area (Å²) in [5, 5.41) is 4.65. The van der Waals surface area contributed by atoms with Crippen molar-refractivity contribution in [1.29, 1.82) is 0 Å². The fourth-order valence-corrected chi connectivity index (χ4v) is 3.35. The molecule has 6 heteroatoms. The van der Waals surface area contributed by atoms with Crippen molar-refractivity contribution in [2.24, 2.45) is 0 Å². The van der Waals surface area contributed by atoms with Crippen LogP contribution in [-0.4, -0.2) is 26.4 Å². The van der Waals surface area contributed by atoms with Gasteiger partial charge in [-0.2, -0.15) is 0 Å². The number of rotatable bonds is 8. The highest BCUT2D eigenvalue weighted by molar-refractivity contribution is 6.32. The van der Waals surface area contributed by atoms with Crippen LogP contribution in [-0.2, 0) is 17.9 Å². The van der Waals surface area contributed by atoms with E-state index in [1.54, 1.807) is 7.11 Å². The van der Waals surface area contributed by atoms with Gasteiger partial charge < -0.3 is 19.5 Å². The van der Waals surface area contributed by atoms with Crippen molar-refractivity contribution < 1.29 is 14.2 Å². The lowest BCUT2D eigenvalue weighted by Crippen LogP contribution is -2.25. The molecule has 4 nitrogen and oxygen atoms in total. The third kappa shape index (κ3) is 5.27. The fourth-order valence-electron chi connectivity index (χ4n) is 2.93. The van der Waals surface area contributed by atoms with Crippen LogP contribution in [0.15, 0.2) is 36.4 Å². The molecule has 1 aliphatic heterocycles. The molecule has 1 atom stereocenters. The van der Waals surface area contributed by atoms with Crippen molar-refractivity contribution in [3.8, 4) is 11.5 Å². The second kappa shape index (κ2) is 9.47. The SMILES string of the molecule is COc1cc(CNC[C@H]2CCCO2)cc(Cl)c1OCc1ccc(Cl)cc1. The summed E-state index contributed by atoms with van der Waals surface area (Å²) in [4.78, 5) is 0. The lowest BCUT2D eigenvalue weighted by molar-refractivity contribution is 0.110. The van der Waals surface area contributed by atoms with E-state index >= 15 is 0 Å². The summed E-state index contributed by atoms with van der Waals surface area (Å²) < 4.78 is 17.0. The van der Waals surface area contributed by atoms with Crippen LogP contribution in [0.1, 0.15) is 24.0 Å². The second-order valence-corrected chi connectivity index (χ2v) is 7.13. The Balaban J connectivity index is 1.61. The second-order valence-electron chi connectivity index (χ2n) is 6.29. The van der Waals surface area contributed by atoms with Gasteiger partial charge in [-0.25, -0.2) is 0 Å². The molecule has 0 saturated carbocycles. The Morgan fingerprint density at radius 1 is 1.15 bits per heavy atom. The van der Waals surface area contributed by atoms with Crippen molar-refractivity contribution >= 4 is 23.2 Å². The maximum Gasteiger partial charge on any atom is 0.180 e. The van der Waals surface area contributed by atoms with E-state index in [9.17, 15) is 0 Å². The maximum atomic E-state index is 6.43. The van der Waals surface area contributed by atoms with E-state index in [0.29, 0.717) is 40.8 Å². The summed E-state index contributed by atoms with van der Waals surface area (Å²) in [6.07, 6.45) is 2.58. The minimum atomic E-state index is 0.314. The first-order chi connectivity index (χ1) is 12.7. The van der Waals surface area contributed by atoms with E-state index in [-0.39, 0.29) is 0 Å². The maximum absolute atomic E-state index is 6.43. The number of ether oxygens (including phenoxy) is 3. The number of halogens is 2. The number of methoxy groups -OCH3 is 1. The number of hydrogen-bond donors (Lipinski definition) is 1. The van der Waals surface area contributed by atoms with Crippen LogP contribution in [0.25, 0.3) is 0 Å². The van der Waals surface area contributed by atoms with Gasteiger partial charge in [-0.15, -0.1) is 0 Å². The highest BCUT2D eigenvalue weighted by Gasteiger charge is 2.16. The third-order valence-corrected chi connectivity index (χ3v) is 4.84. The largest absolute Gasteiger partial charge is 0.493 e. The molecule has 0 unspecified atom stereocenters. The first-order valence-corrected chi connectivity index (χ1v) is 9.47. The quantitative estimate of drug-likeness (QED) is 0.693. The number of hydrogen-bond acceptors (Lipinski definition) is 4. The van der Waals surface area contributed by atoms with Gasteiger partial charge in [0.25, 0.3) is 0 Å². The minimum absolute atomic E-state index is 0.314. The van der Waals surface area contributed by atoms with Gasteiger partial charge in [0.15, 0.2) is 11.5 Å². The van der Waals surface area contributed by atoms with E-state index in [4.69, 9.17) is 37.4 Å². The molecule has 26 heavy (non-hydrogen) atoms. The molecule has 1 saturated heterocycles. The van der Waals surface area contributed by atoms with E-state index in [1.807, 2.05) is 36.4 Å². The van der Waals surface area contributed by atoms with Gasteiger partial charge in [0.1, 0.15) is 6.61 Å². The number of nitrogens with one attached hydrogen (secondary N) is 1. The summed E-state index contributed by atoms with van der Waals surface area (Å²) in [5.41, 5.74) is 2.05. The predicted molar refractivity (Wildman–Crippen MR) is 104 cm³/mol. The highest BCUT2D eigenvalue weighted by atomic mass is 35.5. The molecule has 0 radical (unpaired) electrons. The zero-order valence-corrected chi connectivity index (χ0v) is 16.3. The zero-order chi connectivity index (χ0) is 18.4. The normalized spacial score (nSPS) is 16.7. The Labute approximate surface area is 164 Å². The molecule has 1 fully saturated rings. The van der Waals surface area contributed by atoms with Crippen LogP contribution >= 0.6 is 23.2 Å². The number of benzene rings is 2. The lowest BCUT2D eigenvalue weighted by Gasteiger charge is -2.15. The smallest absolute Gasteiger partial charge is 0.180 e.